The maximum Gasteiger partial charge on any atom is 0.306 e. The van der Waals surface area contributed by atoms with Crippen LogP contribution in [-0.2, 0) is 10.0 Å². The second kappa shape index (κ2) is 5.05. The molecule has 0 fully saturated rings. The van der Waals surface area contributed by atoms with Crippen molar-refractivity contribution in [1.29, 1.82) is 0 Å². The van der Waals surface area contributed by atoms with Gasteiger partial charge in [-0.05, 0) is 19.1 Å². The lowest BCUT2D eigenvalue weighted by molar-refractivity contribution is 0.602. The van der Waals surface area contributed by atoms with Crippen LogP contribution in [-0.4, -0.2) is 22.1 Å². The molecule has 110 valence electrons. The molecule has 0 saturated carbocycles. The van der Waals surface area contributed by atoms with Crippen molar-refractivity contribution in [2.24, 2.45) is 0 Å². The first-order valence-electron chi connectivity index (χ1n) is 5.52. The fourth-order valence-corrected chi connectivity index (χ4v) is 4.94. The van der Waals surface area contributed by atoms with Crippen LogP contribution >= 0.6 is 34.7 Å². The average molecular weight is 363 g/mol. The summed E-state index contributed by atoms with van der Waals surface area (Å²) in [5, 5.41) is 0.208. The molecule has 0 saturated heterocycles. The predicted octanol–water partition coefficient (Wildman–Crippen LogP) is 2.20. The molecule has 0 aliphatic carbocycles. The fourth-order valence-electron chi connectivity index (χ4n) is 1.75. The highest BCUT2D eigenvalue weighted by atomic mass is 35.5. The SMILES string of the molecule is Cc1[nH]c(=O)sc1S(=O)(=O)Nc1c(Cl)ccc2nsnc12. The van der Waals surface area contributed by atoms with Crippen LogP contribution in [0.1, 0.15) is 5.69 Å². The summed E-state index contributed by atoms with van der Waals surface area (Å²) in [6, 6.07) is 3.19. The molecule has 3 rings (SSSR count). The van der Waals surface area contributed by atoms with E-state index in [0.717, 1.165) is 11.7 Å². The minimum atomic E-state index is -3.93. The van der Waals surface area contributed by atoms with E-state index in [1.54, 1.807) is 6.07 Å². The number of aryl methyl sites for hydroxylation is 1. The van der Waals surface area contributed by atoms with Crippen molar-refractivity contribution in [3.63, 3.8) is 0 Å². The van der Waals surface area contributed by atoms with Gasteiger partial charge in [0.1, 0.15) is 11.0 Å². The van der Waals surface area contributed by atoms with E-state index >= 15 is 0 Å². The minimum Gasteiger partial charge on any atom is -0.315 e. The second-order valence-electron chi connectivity index (χ2n) is 4.09. The van der Waals surface area contributed by atoms with E-state index in [-0.39, 0.29) is 20.6 Å². The zero-order valence-corrected chi connectivity index (χ0v) is 13.6. The van der Waals surface area contributed by atoms with Crippen molar-refractivity contribution >= 4 is 61.4 Å². The summed E-state index contributed by atoms with van der Waals surface area (Å²) in [7, 11) is -3.93. The summed E-state index contributed by atoms with van der Waals surface area (Å²) in [4.78, 5) is 13.3. The van der Waals surface area contributed by atoms with E-state index < -0.39 is 14.9 Å². The largest absolute Gasteiger partial charge is 0.315 e. The number of nitrogens with zero attached hydrogens (tertiary/aromatic N) is 2. The van der Waals surface area contributed by atoms with Crippen molar-refractivity contribution in [3.05, 3.63) is 32.5 Å². The van der Waals surface area contributed by atoms with E-state index in [1.165, 1.54) is 13.0 Å². The van der Waals surface area contributed by atoms with Gasteiger partial charge >= 0.3 is 4.87 Å². The number of rotatable bonds is 3. The van der Waals surface area contributed by atoms with Crippen LogP contribution in [0.15, 0.2) is 21.1 Å². The van der Waals surface area contributed by atoms with Crippen LogP contribution in [0.5, 0.6) is 0 Å². The van der Waals surface area contributed by atoms with Gasteiger partial charge < -0.3 is 4.98 Å². The number of anilines is 1. The smallest absolute Gasteiger partial charge is 0.306 e. The molecule has 2 aromatic heterocycles. The Bertz CT molecular complexity index is 989. The summed E-state index contributed by atoms with van der Waals surface area (Å²) in [6.07, 6.45) is 0. The van der Waals surface area contributed by atoms with Gasteiger partial charge in [-0.25, -0.2) is 8.42 Å². The Kier molecular flexibility index (Phi) is 3.48. The van der Waals surface area contributed by atoms with Gasteiger partial charge in [-0.3, -0.25) is 9.52 Å². The quantitative estimate of drug-likeness (QED) is 0.743. The molecular formula is C10H7ClN4O3S3. The molecule has 21 heavy (non-hydrogen) atoms. The Morgan fingerprint density at radius 3 is 2.76 bits per heavy atom. The Morgan fingerprint density at radius 1 is 1.33 bits per heavy atom. The molecule has 0 amide bonds. The van der Waals surface area contributed by atoms with E-state index in [4.69, 9.17) is 11.6 Å². The van der Waals surface area contributed by atoms with E-state index in [9.17, 15) is 13.2 Å². The number of benzene rings is 1. The predicted molar refractivity (Wildman–Crippen MR) is 82.9 cm³/mol. The Labute approximate surface area is 132 Å². The third-order valence-electron chi connectivity index (χ3n) is 2.64. The van der Waals surface area contributed by atoms with Crippen molar-refractivity contribution < 1.29 is 8.42 Å². The maximum absolute atomic E-state index is 12.4. The van der Waals surface area contributed by atoms with Crippen LogP contribution in [0, 0.1) is 6.92 Å². The highest BCUT2D eigenvalue weighted by Gasteiger charge is 2.23. The van der Waals surface area contributed by atoms with Gasteiger partial charge in [0.15, 0.2) is 4.21 Å². The summed E-state index contributed by atoms with van der Waals surface area (Å²) >= 11 is 7.62. The molecule has 2 heterocycles. The molecule has 2 N–H and O–H groups in total. The number of sulfonamides is 1. The number of halogens is 1. The number of aromatic nitrogens is 3. The van der Waals surface area contributed by atoms with Crippen molar-refractivity contribution in [3.8, 4) is 0 Å². The minimum absolute atomic E-state index is 0.0799. The summed E-state index contributed by atoms with van der Waals surface area (Å²) in [6.45, 7) is 1.51. The first-order chi connectivity index (χ1) is 9.88. The first-order valence-corrected chi connectivity index (χ1v) is 8.92. The topological polar surface area (TPSA) is 105 Å². The number of H-pyrrole nitrogens is 1. The number of nitrogens with one attached hydrogen (secondary N) is 2. The Morgan fingerprint density at radius 2 is 2.10 bits per heavy atom. The number of hydrogen-bond donors (Lipinski definition) is 2. The molecule has 11 heteroatoms. The summed E-state index contributed by atoms with van der Waals surface area (Å²) in [5.41, 5.74) is 1.35. The number of hydrogen-bond acceptors (Lipinski definition) is 7. The third kappa shape index (κ3) is 2.55. The fraction of sp³-hybridized carbons (Fsp3) is 0.100. The maximum atomic E-state index is 12.4. The summed E-state index contributed by atoms with van der Waals surface area (Å²) in [5.74, 6) is 0. The van der Waals surface area contributed by atoms with E-state index in [0.29, 0.717) is 22.4 Å². The van der Waals surface area contributed by atoms with Gasteiger partial charge in [-0.15, -0.1) is 0 Å². The average Bonchev–Trinajstić information content (AvgIpc) is 2.99. The standard InChI is InChI=1S/C10H7ClN4O3S3/c1-4-9(19-10(16)12-4)21(17,18)15-7-5(11)2-3-6-8(7)14-20-13-6/h2-3,15H,1H3,(H,12,16). The van der Waals surface area contributed by atoms with Gasteiger partial charge in [0.2, 0.25) is 0 Å². The van der Waals surface area contributed by atoms with E-state index in [1.807, 2.05) is 0 Å². The van der Waals surface area contributed by atoms with Crippen LogP contribution < -0.4 is 9.60 Å². The van der Waals surface area contributed by atoms with Gasteiger partial charge in [0, 0.05) is 5.69 Å². The highest BCUT2D eigenvalue weighted by Crippen LogP contribution is 2.32. The molecule has 0 radical (unpaired) electrons. The summed E-state index contributed by atoms with van der Waals surface area (Å²) < 4.78 is 35.1. The van der Waals surface area contributed by atoms with Gasteiger partial charge in [0.25, 0.3) is 10.0 Å². The molecule has 0 atom stereocenters. The lowest BCUT2D eigenvalue weighted by atomic mass is 10.3. The van der Waals surface area contributed by atoms with E-state index in [2.05, 4.69) is 18.5 Å². The highest BCUT2D eigenvalue weighted by molar-refractivity contribution is 7.94. The Balaban J connectivity index is 2.13. The normalized spacial score (nSPS) is 11.9. The third-order valence-corrected chi connectivity index (χ3v) is 6.45. The van der Waals surface area contributed by atoms with Gasteiger partial charge in [-0.2, -0.15) is 8.75 Å². The second-order valence-corrected chi connectivity index (χ2v) is 7.88. The molecule has 0 aliphatic heterocycles. The van der Waals surface area contributed by atoms with Crippen LogP contribution in [0.2, 0.25) is 5.02 Å². The molecule has 7 nitrogen and oxygen atoms in total. The van der Waals surface area contributed by atoms with Crippen LogP contribution in [0.4, 0.5) is 5.69 Å². The molecule has 0 unspecified atom stereocenters. The van der Waals surface area contributed by atoms with Gasteiger partial charge in [-0.1, -0.05) is 22.9 Å². The number of thiazole rings is 1. The number of aromatic amines is 1. The lowest BCUT2D eigenvalue weighted by Crippen LogP contribution is -2.13. The van der Waals surface area contributed by atoms with Crippen molar-refractivity contribution in [2.75, 3.05) is 4.72 Å². The molecule has 0 spiro atoms. The molecule has 0 aliphatic rings. The van der Waals surface area contributed by atoms with Crippen molar-refractivity contribution in [2.45, 2.75) is 11.1 Å². The van der Waals surface area contributed by atoms with Crippen LogP contribution in [0.3, 0.4) is 0 Å². The lowest BCUT2D eigenvalue weighted by Gasteiger charge is -2.08. The van der Waals surface area contributed by atoms with Crippen molar-refractivity contribution in [1.82, 2.24) is 13.7 Å². The zero-order valence-electron chi connectivity index (χ0n) is 10.4. The molecule has 3 aromatic rings. The monoisotopic (exact) mass is 362 g/mol. The van der Waals surface area contributed by atoms with Crippen LogP contribution in [0.25, 0.3) is 11.0 Å². The van der Waals surface area contributed by atoms with Gasteiger partial charge in [0.05, 0.1) is 22.4 Å². The molecular weight excluding hydrogens is 356 g/mol. The molecule has 1 aromatic carbocycles. The zero-order chi connectivity index (χ0) is 15.2. The first kappa shape index (κ1) is 14.4. The number of fused-ring (bicyclic) bond motifs is 1. The Hall–Kier alpha value is -1.49. The molecule has 0 bridgehead atoms.